The summed E-state index contributed by atoms with van der Waals surface area (Å²) in [6.07, 6.45) is 1.91. The van der Waals surface area contributed by atoms with Crippen LogP contribution in [0.15, 0.2) is 24.3 Å². The number of thiol groups is 1. The Bertz CT molecular complexity index is 237. The number of halogens is 1. The molecule has 11 heavy (non-hydrogen) atoms. The highest BCUT2D eigenvalue weighted by Gasteiger charge is 2.07. The Labute approximate surface area is 75.6 Å². The van der Waals surface area contributed by atoms with E-state index in [1.54, 1.807) is 12.1 Å². The van der Waals surface area contributed by atoms with Crippen LogP contribution in [0.1, 0.15) is 10.1 Å². The third-order valence-corrected chi connectivity index (χ3v) is 3.01. The van der Waals surface area contributed by atoms with Crippen molar-refractivity contribution < 1.29 is 4.39 Å². The zero-order valence-corrected chi connectivity index (χ0v) is 7.83. The molecule has 0 aromatic heterocycles. The molecule has 0 saturated heterocycles. The Morgan fingerprint density at radius 1 is 1.45 bits per heavy atom. The number of hydrogen-bond donors (Lipinski definition) is 1. The Kier molecular flexibility index (Phi) is 3.27. The predicted molar refractivity (Wildman–Crippen MR) is 51.6 cm³/mol. The highest BCUT2D eigenvalue weighted by Crippen LogP contribution is 2.31. The van der Waals surface area contributed by atoms with Crippen LogP contribution in [0.4, 0.5) is 4.39 Å². The number of rotatable bonds is 2. The minimum Gasteiger partial charge on any atom is -0.207 e. The van der Waals surface area contributed by atoms with E-state index in [1.165, 1.54) is 17.8 Å². The molecule has 0 saturated carbocycles. The van der Waals surface area contributed by atoms with Gasteiger partial charge in [-0.1, -0.05) is 18.2 Å². The van der Waals surface area contributed by atoms with Gasteiger partial charge in [0.05, 0.1) is 4.58 Å². The molecule has 1 aromatic rings. The van der Waals surface area contributed by atoms with Gasteiger partial charge in [-0.25, -0.2) is 4.39 Å². The van der Waals surface area contributed by atoms with Gasteiger partial charge in [0.15, 0.2) is 0 Å². The van der Waals surface area contributed by atoms with Gasteiger partial charge in [0.25, 0.3) is 0 Å². The average molecular weight is 188 g/mol. The average Bonchev–Trinajstić information content (AvgIpc) is 2.04. The van der Waals surface area contributed by atoms with Gasteiger partial charge in [-0.2, -0.15) is 12.6 Å². The van der Waals surface area contributed by atoms with Gasteiger partial charge in [-0.3, -0.25) is 0 Å². The lowest BCUT2D eigenvalue weighted by Crippen LogP contribution is -1.88. The van der Waals surface area contributed by atoms with Crippen LogP contribution in [0, 0.1) is 5.82 Å². The summed E-state index contributed by atoms with van der Waals surface area (Å²) in [7, 11) is 0. The molecule has 60 valence electrons. The summed E-state index contributed by atoms with van der Waals surface area (Å²) >= 11 is 5.73. The smallest absolute Gasteiger partial charge is 0.128 e. The minimum atomic E-state index is -0.179. The molecule has 0 spiro atoms. The number of hydrogen-bond acceptors (Lipinski definition) is 2. The van der Waals surface area contributed by atoms with Crippen molar-refractivity contribution in [2.75, 3.05) is 6.26 Å². The Hall–Kier alpha value is -0.150. The van der Waals surface area contributed by atoms with Gasteiger partial charge < -0.3 is 0 Å². The van der Waals surface area contributed by atoms with Crippen molar-refractivity contribution in [3.63, 3.8) is 0 Å². The topological polar surface area (TPSA) is 0 Å². The van der Waals surface area contributed by atoms with Crippen molar-refractivity contribution in [2.45, 2.75) is 4.58 Å². The van der Waals surface area contributed by atoms with Crippen molar-refractivity contribution in [1.82, 2.24) is 0 Å². The first kappa shape index (κ1) is 8.94. The molecule has 1 unspecified atom stereocenters. The van der Waals surface area contributed by atoms with E-state index in [4.69, 9.17) is 0 Å². The Morgan fingerprint density at radius 3 is 2.64 bits per heavy atom. The molecule has 0 aliphatic heterocycles. The first-order valence-corrected chi connectivity index (χ1v) is 5.01. The van der Waals surface area contributed by atoms with Gasteiger partial charge in [0.2, 0.25) is 0 Å². The molecule has 0 amide bonds. The summed E-state index contributed by atoms with van der Waals surface area (Å²) in [6, 6.07) is 6.70. The highest BCUT2D eigenvalue weighted by atomic mass is 32.2. The monoisotopic (exact) mass is 188 g/mol. The minimum absolute atomic E-state index is 0.0591. The van der Waals surface area contributed by atoms with Crippen LogP contribution in [0.3, 0.4) is 0 Å². The van der Waals surface area contributed by atoms with Crippen LogP contribution in [-0.4, -0.2) is 6.26 Å². The van der Waals surface area contributed by atoms with E-state index < -0.39 is 0 Å². The molecule has 0 nitrogen and oxygen atoms in total. The quantitative estimate of drug-likeness (QED) is 0.549. The van der Waals surface area contributed by atoms with E-state index in [2.05, 4.69) is 12.6 Å². The SMILES string of the molecule is CSC(S)c1ccccc1F. The lowest BCUT2D eigenvalue weighted by molar-refractivity contribution is 0.617. The fourth-order valence-electron chi connectivity index (χ4n) is 0.802. The van der Waals surface area contributed by atoms with E-state index in [-0.39, 0.29) is 10.4 Å². The molecule has 0 aliphatic carbocycles. The zero-order chi connectivity index (χ0) is 8.27. The largest absolute Gasteiger partial charge is 0.207 e. The second-order valence-electron chi connectivity index (χ2n) is 2.11. The van der Waals surface area contributed by atoms with Crippen molar-refractivity contribution in [2.24, 2.45) is 0 Å². The second kappa shape index (κ2) is 4.02. The van der Waals surface area contributed by atoms with Crippen LogP contribution >= 0.6 is 24.4 Å². The van der Waals surface area contributed by atoms with Crippen LogP contribution in [-0.2, 0) is 0 Å². The highest BCUT2D eigenvalue weighted by molar-refractivity contribution is 8.09. The van der Waals surface area contributed by atoms with E-state index in [9.17, 15) is 4.39 Å². The van der Waals surface area contributed by atoms with Crippen LogP contribution in [0.2, 0.25) is 0 Å². The molecule has 0 bridgehead atoms. The molecule has 0 radical (unpaired) electrons. The zero-order valence-electron chi connectivity index (χ0n) is 6.12. The molecular weight excluding hydrogens is 179 g/mol. The maximum Gasteiger partial charge on any atom is 0.128 e. The number of benzene rings is 1. The summed E-state index contributed by atoms with van der Waals surface area (Å²) < 4.78 is 12.9. The number of thioether (sulfide) groups is 1. The maximum atomic E-state index is 13.0. The molecule has 0 aliphatic rings. The Morgan fingerprint density at radius 2 is 2.09 bits per heavy atom. The predicted octanol–water partition coefficient (Wildman–Crippen LogP) is 3.12. The van der Waals surface area contributed by atoms with E-state index >= 15 is 0 Å². The summed E-state index contributed by atoms with van der Waals surface area (Å²) in [4.78, 5) is 0. The van der Waals surface area contributed by atoms with Gasteiger partial charge >= 0.3 is 0 Å². The van der Waals surface area contributed by atoms with E-state index in [0.29, 0.717) is 5.56 Å². The molecule has 0 N–H and O–H groups in total. The van der Waals surface area contributed by atoms with E-state index in [1.807, 2.05) is 12.3 Å². The summed E-state index contributed by atoms with van der Waals surface area (Å²) in [5.41, 5.74) is 0.656. The lowest BCUT2D eigenvalue weighted by atomic mass is 10.2. The Balaban J connectivity index is 2.93. The fraction of sp³-hybridized carbons (Fsp3) is 0.250. The first-order chi connectivity index (χ1) is 5.25. The van der Waals surface area contributed by atoms with Gasteiger partial charge in [0.1, 0.15) is 5.82 Å². The van der Waals surface area contributed by atoms with Gasteiger partial charge in [-0.15, -0.1) is 11.8 Å². The summed E-state index contributed by atoms with van der Waals surface area (Å²) in [5.74, 6) is -0.179. The van der Waals surface area contributed by atoms with Gasteiger partial charge in [-0.05, 0) is 12.3 Å². The molecule has 3 heteroatoms. The maximum absolute atomic E-state index is 13.0. The summed E-state index contributed by atoms with van der Waals surface area (Å²) in [5, 5.41) is 0. The molecular formula is C8H9FS2. The van der Waals surface area contributed by atoms with Crippen LogP contribution < -0.4 is 0 Å². The fourth-order valence-corrected chi connectivity index (χ4v) is 1.46. The second-order valence-corrected chi connectivity index (χ2v) is 3.92. The summed E-state index contributed by atoms with van der Waals surface area (Å²) in [6.45, 7) is 0. The van der Waals surface area contributed by atoms with Gasteiger partial charge in [0, 0.05) is 5.56 Å². The van der Waals surface area contributed by atoms with E-state index in [0.717, 1.165) is 0 Å². The molecule has 0 fully saturated rings. The normalized spacial score (nSPS) is 13.0. The molecule has 1 atom stereocenters. The molecule has 0 heterocycles. The molecule has 1 aromatic carbocycles. The third-order valence-electron chi connectivity index (χ3n) is 1.39. The van der Waals surface area contributed by atoms with Crippen LogP contribution in [0.25, 0.3) is 0 Å². The molecule has 1 rings (SSSR count). The van der Waals surface area contributed by atoms with Crippen molar-refractivity contribution >= 4 is 24.4 Å². The van der Waals surface area contributed by atoms with Crippen molar-refractivity contribution in [3.8, 4) is 0 Å². The van der Waals surface area contributed by atoms with Crippen molar-refractivity contribution in [1.29, 1.82) is 0 Å². The lowest BCUT2D eigenvalue weighted by Gasteiger charge is -2.07. The third kappa shape index (κ3) is 2.14. The van der Waals surface area contributed by atoms with Crippen LogP contribution in [0.5, 0.6) is 0 Å². The van der Waals surface area contributed by atoms with Crippen molar-refractivity contribution in [3.05, 3.63) is 35.6 Å². The first-order valence-electron chi connectivity index (χ1n) is 3.21. The standard InChI is InChI=1S/C8H9FS2/c1-11-8(10)6-4-2-3-5-7(6)9/h2-5,8,10H,1H3.